The number of carboxylic acid groups (broad SMARTS) is 1. The molecule has 0 fully saturated rings. The maximum atomic E-state index is 11.2. The Bertz CT molecular complexity index is 394. The summed E-state index contributed by atoms with van der Waals surface area (Å²) in [5.74, 6) is -1.99. The number of nitrogens with two attached hydrogens (primary N) is 1. The van der Waals surface area contributed by atoms with Gasteiger partial charge in [0.1, 0.15) is 0 Å². The van der Waals surface area contributed by atoms with E-state index in [9.17, 15) is 9.59 Å². The lowest BCUT2D eigenvalue weighted by molar-refractivity contribution is -0.142. The van der Waals surface area contributed by atoms with Crippen molar-refractivity contribution in [3.8, 4) is 0 Å². The molecule has 0 aliphatic carbocycles. The Morgan fingerprint density at radius 3 is 2.75 bits per heavy atom. The highest BCUT2D eigenvalue weighted by atomic mass is 79.9. The lowest BCUT2D eigenvalue weighted by Gasteiger charge is -2.07. The lowest BCUT2D eigenvalue weighted by atomic mass is 10.3. The fraction of sp³-hybridized carbons (Fsp3) is 0.333. The summed E-state index contributed by atoms with van der Waals surface area (Å²) < 4.78 is 1.02. The molecule has 0 aliphatic rings. The third kappa shape index (κ3) is 3.92. The van der Waals surface area contributed by atoms with Crippen LogP contribution in [0.4, 0.5) is 0 Å². The van der Waals surface area contributed by atoms with Gasteiger partial charge in [0.15, 0.2) is 6.04 Å². The molecule has 0 saturated heterocycles. The minimum Gasteiger partial charge on any atom is -0.480 e. The molecule has 0 spiro atoms. The van der Waals surface area contributed by atoms with Crippen LogP contribution in [0.25, 0.3) is 0 Å². The van der Waals surface area contributed by atoms with Crippen molar-refractivity contribution in [2.75, 3.05) is 6.54 Å². The molecule has 0 bridgehead atoms. The molecule has 0 saturated carbocycles. The fourth-order valence-corrected chi connectivity index (χ4v) is 2.50. The summed E-state index contributed by atoms with van der Waals surface area (Å²) in [6.07, 6.45) is 0.661. The predicted octanol–water partition coefficient (Wildman–Crippen LogP) is 0.581. The Balaban J connectivity index is 2.30. The standard InChI is InChI=1S/C9H11BrN2O3S/c10-6-2-1-5(16-6)3-4-12-8(13)7(11)9(14)15/h1-2,7H,3-4,11H2,(H,12,13)(H,14,15). The number of halogens is 1. The van der Waals surface area contributed by atoms with Crippen LogP contribution in [0.1, 0.15) is 4.88 Å². The second-order valence-corrected chi connectivity index (χ2v) is 5.61. The average molecular weight is 307 g/mol. The van der Waals surface area contributed by atoms with Crippen molar-refractivity contribution in [1.82, 2.24) is 5.32 Å². The van der Waals surface area contributed by atoms with Crippen LogP contribution in [-0.2, 0) is 16.0 Å². The van der Waals surface area contributed by atoms with Gasteiger partial charge in [-0.1, -0.05) is 0 Å². The van der Waals surface area contributed by atoms with Crippen molar-refractivity contribution in [3.05, 3.63) is 20.8 Å². The van der Waals surface area contributed by atoms with Crippen molar-refractivity contribution in [2.45, 2.75) is 12.5 Å². The number of hydrogen-bond acceptors (Lipinski definition) is 4. The van der Waals surface area contributed by atoms with E-state index in [-0.39, 0.29) is 0 Å². The normalized spacial score (nSPS) is 12.1. The molecule has 1 aromatic heterocycles. The molecule has 0 aromatic carbocycles. The van der Waals surface area contributed by atoms with E-state index in [1.54, 1.807) is 11.3 Å². The molecule has 0 radical (unpaired) electrons. The van der Waals surface area contributed by atoms with Gasteiger partial charge in [-0.2, -0.15) is 0 Å². The number of amides is 1. The molecule has 7 heteroatoms. The largest absolute Gasteiger partial charge is 0.480 e. The Morgan fingerprint density at radius 1 is 1.56 bits per heavy atom. The highest BCUT2D eigenvalue weighted by molar-refractivity contribution is 9.11. The Hall–Kier alpha value is -0.920. The van der Waals surface area contributed by atoms with E-state index in [0.717, 1.165) is 8.66 Å². The number of carbonyl (C=O) groups excluding carboxylic acids is 1. The number of aliphatic carboxylic acids is 1. The number of hydrogen-bond donors (Lipinski definition) is 3. The molecule has 1 aromatic rings. The van der Waals surface area contributed by atoms with E-state index in [1.807, 2.05) is 12.1 Å². The third-order valence-corrected chi connectivity index (χ3v) is 3.53. The number of nitrogens with one attached hydrogen (secondary N) is 1. The first-order valence-electron chi connectivity index (χ1n) is 4.51. The van der Waals surface area contributed by atoms with Gasteiger partial charge in [-0.25, -0.2) is 4.79 Å². The van der Waals surface area contributed by atoms with Gasteiger partial charge in [0.05, 0.1) is 3.79 Å². The van der Waals surface area contributed by atoms with Crippen molar-refractivity contribution in [2.24, 2.45) is 5.73 Å². The molecule has 16 heavy (non-hydrogen) atoms. The fourth-order valence-electron chi connectivity index (χ4n) is 1.02. The summed E-state index contributed by atoms with van der Waals surface area (Å²) in [6, 6.07) is 2.37. The van der Waals surface area contributed by atoms with Crippen LogP contribution >= 0.6 is 27.3 Å². The van der Waals surface area contributed by atoms with Crippen LogP contribution in [0.15, 0.2) is 15.9 Å². The van der Waals surface area contributed by atoms with Gasteiger partial charge in [0, 0.05) is 11.4 Å². The minimum absolute atomic E-state index is 0.382. The molecular formula is C9H11BrN2O3S. The molecule has 88 valence electrons. The van der Waals surface area contributed by atoms with E-state index in [2.05, 4.69) is 21.2 Å². The molecule has 1 rings (SSSR count). The van der Waals surface area contributed by atoms with Crippen molar-refractivity contribution in [1.29, 1.82) is 0 Å². The number of carboxylic acids is 1. The molecule has 1 heterocycles. The zero-order valence-corrected chi connectivity index (χ0v) is 10.7. The summed E-state index contributed by atoms with van der Waals surface area (Å²) in [4.78, 5) is 22.7. The van der Waals surface area contributed by atoms with Crippen LogP contribution in [-0.4, -0.2) is 29.6 Å². The van der Waals surface area contributed by atoms with Gasteiger partial charge in [-0.3, -0.25) is 4.79 Å². The molecule has 5 nitrogen and oxygen atoms in total. The predicted molar refractivity (Wildman–Crippen MR) is 64.3 cm³/mol. The van der Waals surface area contributed by atoms with Gasteiger partial charge < -0.3 is 16.2 Å². The second-order valence-electron chi connectivity index (χ2n) is 3.06. The SMILES string of the molecule is NC(C(=O)O)C(=O)NCCc1ccc(Br)s1. The van der Waals surface area contributed by atoms with Gasteiger partial charge in [0.2, 0.25) is 5.91 Å². The van der Waals surface area contributed by atoms with Gasteiger partial charge in [0.25, 0.3) is 0 Å². The maximum Gasteiger partial charge on any atom is 0.330 e. The first-order chi connectivity index (χ1) is 7.50. The van der Waals surface area contributed by atoms with Crippen molar-refractivity contribution in [3.63, 3.8) is 0 Å². The topological polar surface area (TPSA) is 92.4 Å². The van der Waals surface area contributed by atoms with Crippen LogP contribution in [0, 0.1) is 0 Å². The summed E-state index contributed by atoms with van der Waals surface area (Å²) in [6.45, 7) is 0.382. The van der Waals surface area contributed by atoms with Gasteiger partial charge >= 0.3 is 5.97 Å². The van der Waals surface area contributed by atoms with Gasteiger partial charge in [-0.15, -0.1) is 11.3 Å². The lowest BCUT2D eigenvalue weighted by Crippen LogP contribution is -2.46. The Morgan fingerprint density at radius 2 is 2.25 bits per heavy atom. The van der Waals surface area contributed by atoms with E-state index < -0.39 is 17.9 Å². The number of rotatable bonds is 5. The maximum absolute atomic E-state index is 11.2. The zero-order chi connectivity index (χ0) is 12.1. The van der Waals surface area contributed by atoms with E-state index in [4.69, 9.17) is 10.8 Å². The van der Waals surface area contributed by atoms with Crippen LogP contribution < -0.4 is 11.1 Å². The second kappa shape index (κ2) is 5.97. The third-order valence-electron chi connectivity index (χ3n) is 1.85. The van der Waals surface area contributed by atoms with E-state index in [0.29, 0.717) is 13.0 Å². The van der Waals surface area contributed by atoms with Crippen LogP contribution in [0.5, 0.6) is 0 Å². The number of thiophene rings is 1. The van der Waals surface area contributed by atoms with Crippen LogP contribution in [0.2, 0.25) is 0 Å². The molecule has 4 N–H and O–H groups in total. The summed E-state index contributed by atoms with van der Waals surface area (Å²) in [5, 5.41) is 11.0. The van der Waals surface area contributed by atoms with E-state index in [1.165, 1.54) is 0 Å². The Kier molecular flexibility index (Phi) is 4.91. The average Bonchev–Trinajstić information content (AvgIpc) is 2.62. The number of carbonyl (C=O) groups is 2. The van der Waals surface area contributed by atoms with E-state index >= 15 is 0 Å². The zero-order valence-electron chi connectivity index (χ0n) is 8.27. The molecule has 1 amide bonds. The van der Waals surface area contributed by atoms with Crippen molar-refractivity contribution >= 4 is 39.1 Å². The molecule has 1 unspecified atom stereocenters. The highest BCUT2D eigenvalue weighted by Crippen LogP contribution is 2.21. The summed E-state index contributed by atoms with van der Waals surface area (Å²) in [5.41, 5.74) is 5.13. The first-order valence-corrected chi connectivity index (χ1v) is 6.12. The Labute approximate surface area is 105 Å². The first kappa shape index (κ1) is 13.1. The molecule has 1 atom stereocenters. The minimum atomic E-state index is -1.49. The summed E-state index contributed by atoms with van der Waals surface area (Å²) in [7, 11) is 0. The molecular weight excluding hydrogens is 296 g/mol. The quantitative estimate of drug-likeness (QED) is 0.694. The smallest absolute Gasteiger partial charge is 0.330 e. The molecule has 0 aliphatic heterocycles. The van der Waals surface area contributed by atoms with Gasteiger partial charge in [-0.05, 0) is 34.5 Å². The monoisotopic (exact) mass is 306 g/mol. The van der Waals surface area contributed by atoms with Crippen LogP contribution in [0.3, 0.4) is 0 Å². The van der Waals surface area contributed by atoms with Crippen molar-refractivity contribution < 1.29 is 14.7 Å². The highest BCUT2D eigenvalue weighted by Gasteiger charge is 2.20. The summed E-state index contributed by atoms with van der Waals surface area (Å²) >= 11 is 4.90.